The lowest BCUT2D eigenvalue weighted by molar-refractivity contribution is 0.0898. The van der Waals surface area contributed by atoms with Crippen molar-refractivity contribution in [3.8, 4) is 0 Å². The minimum absolute atomic E-state index is 0.0529. The third-order valence-corrected chi connectivity index (χ3v) is 4.53. The number of methoxy groups -OCH3 is 1. The molecule has 0 aliphatic heterocycles. The number of hydrogen-bond acceptors (Lipinski definition) is 5. The molecule has 0 aromatic carbocycles. The van der Waals surface area contributed by atoms with Gasteiger partial charge in [0.2, 0.25) is 0 Å². The first-order valence-electron chi connectivity index (χ1n) is 8.08. The summed E-state index contributed by atoms with van der Waals surface area (Å²) in [7, 11) is 3.49. The number of aliphatic hydroxyl groups excluding tert-OH is 1. The zero-order chi connectivity index (χ0) is 17.1. The Morgan fingerprint density at radius 2 is 2.25 bits per heavy atom. The maximum Gasteiger partial charge on any atom is 0.268 e. The van der Waals surface area contributed by atoms with Gasteiger partial charge >= 0.3 is 0 Å². The van der Waals surface area contributed by atoms with Crippen LogP contribution in [0, 0.1) is 0 Å². The fourth-order valence-corrected chi connectivity index (χ4v) is 3.10. The number of aryl methyl sites for hydroxylation is 1. The highest BCUT2D eigenvalue weighted by Gasteiger charge is 2.35. The van der Waals surface area contributed by atoms with Crippen LogP contribution in [-0.4, -0.2) is 50.1 Å². The number of carbonyl (C=O) groups is 1. The van der Waals surface area contributed by atoms with Gasteiger partial charge in [-0.1, -0.05) is 0 Å². The van der Waals surface area contributed by atoms with Crippen LogP contribution in [0.25, 0.3) is 0 Å². The van der Waals surface area contributed by atoms with Crippen LogP contribution in [-0.2, 0) is 24.9 Å². The van der Waals surface area contributed by atoms with E-state index < -0.39 is 0 Å². The van der Waals surface area contributed by atoms with E-state index in [1.165, 1.54) is 0 Å². The number of nitrogens with one attached hydrogen (secondary N) is 1. The fourth-order valence-electron chi connectivity index (χ4n) is 3.10. The second kappa shape index (κ2) is 7.14. The smallest absolute Gasteiger partial charge is 0.268 e. The van der Waals surface area contributed by atoms with E-state index in [4.69, 9.17) is 4.74 Å². The van der Waals surface area contributed by atoms with E-state index >= 15 is 0 Å². The maximum absolute atomic E-state index is 12.2. The molecule has 0 bridgehead atoms. The Kier molecular flexibility index (Phi) is 4.96. The Balaban J connectivity index is 1.59. The molecular formula is C16H23N5O3. The van der Waals surface area contributed by atoms with Crippen LogP contribution >= 0.6 is 0 Å². The molecule has 1 fully saturated rings. The molecule has 1 saturated carbocycles. The van der Waals surface area contributed by atoms with Crippen molar-refractivity contribution in [1.29, 1.82) is 0 Å². The predicted octanol–water partition coefficient (Wildman–Crippen LogP) is 0.431. The van der Waals surface area contributed by atoms with Crippen molar-refractivity contribution in [1.82, 2.24) is 24.6 Å². The van der Waals surface area contributed by atoms with Gasteiger partial charge in [-0.05, 0) is 25.0 Å². The number of ether oxygens (including phenoxy) is 1. The zero-order valence-corrected chi connectivity index (χ0v) is 14.0. The lowest BCUT2D eigenvalue weighted by Crippen LogP contribution is -2.44. The Morgan fingerprint density at radius 3 is 2.88 bits per heavy atom. The van der Waals surface area contributed by atoms with Crippen LogP contribution in [0.2, 0.25) is 0 Å². The van der Waals surface area contributed by atoms with Crippen LogP contribution < -0.4 is 5.32 Å². The van der Waals surface area contributed by atoms with E-state index in [2.05, 4.69) is 15.5 Å². The summed E-state index contributed by atoms with van der Waals surface area (Å²) in [6, 6.07) is 3.80. The molecule has 130 valence electrons. The molecule has 24 heavy (non-hydrogen) atoms. The van der Waals surface area contributed by atoms with E-state index in [0.29, 0.717) is 24.7 Å². The SMILES string of the molecule is COCCn1c(CO)nnc1C1CC(NC(=O)c2cccn2C)C1. The summed E-state index contributed by atoms with van der Waals surface area (Å²) in [4.78, 5) is 12.2. The van der Waals surface area contributed by atoms with Gasteiger partial charge in [-0.3, -0.25) is 4.79 Å². The summed E-state index contributed by atoms with van der Waals surface area (Å²) >= 11 is 0. The molecule has 8 nitrogen and oxygen atoms in total. The second-order valence-corrected chi connectivity index (χ2v) is 6.12. The molecular weight excluding hydrogens is 310 g/mol. The number of amides is 1. The topological polar surface area (TPSA) is 94.2 Å². The second-order valence-electron chi connectivity index (χ2n) is 6.12. The highest BCUT2D eigenvalue weighted by atomic mass is 16.5. The first-order valence-corrected chi connectivity index (χ1v) is 8.08. The standard InChI is InChI=1S/C16H23N5O3/c1-20-5-3-4-13(20)16(23)17-12-8-11(9-12)15-19-18-14(10-22)21(15)6-7-24-2/h3-5,11-12,22H,6-10H2,1-2H3,(H,17,23). The van der Waals surface area contributed by atoms with Crippen LogP contribution in [0.3, 0.4) is 0 Å². The van der Waals surface area contributed by atoms with Crippen LogP contribution in [0.1, 0.15) is 40.9 Å². The monoisotopic (exact) mass is 333 g/mol. The van der Waals surface area contributed by atoms with Gasteiger partial charge < -0.3 is 24.3 Å². The van der Waals surface area contributed by atoms with Crippen LogP contribution in [0.4, 0.5) is 0 Å². The quantitative estimate of drug-likeness (QED) is 0.766. The largest absolute Gasteiger partial charge is 0.388 e. The van der Waals surface area contributed by atoms with Crippen LogP contribution in [0.15, 0.2) is 18.3 Å². The minimum atomic E-state index is -0.142. The van der Waals surface area contributed by atoms with Gasteiger partial charge in [-0.2, -0.15) is 0 Å². The maximum atomic E-state index is 12.2. The first kappa shape index (κ1) is 16.7. The molecule has 2 N–H and O–H groups in total. The Hall–Kier alpha value is -2.19. The summed E-state index contributed by atoms with van der Waals surface area (Å²) in [5.41, 5.74) is 0.657. The number of aromatic nitrogens is 4. The first-order chi connectivity index (χ1) is 11.6. The van der Waals surface area contributed by atoms with Crippen molar-refractivity contribution in [2.24, 2.45) is 7.05 Å². The molecule has 0 spiro atoms. The molecule has 2 heterocycles. The average Bonchev–Trinajstić information content (AvgIpc) is 3.14. The molecule has 2 aromatic heterocycles. The minimum Gasteiger partial charge on any atom is -0.388 e. The van der Waals surface area contributed by atoms with Gasteiger partial charge in [0.1, 0.15) is 18.1 Å². The summed E-state index contributed by atoms with van der Waals surface area (Å²) in [6.07, 6.45) is 3.51. The van der Waals surface area contributed by atoms with Crippen LogP contribution in [0.5, 0.6) is 0 Å². The van der Waals surface area contributed by atoms with Gasteiger partial charge in [0.05, 0.1) is 6.61 Å². The molecule has 8 heteroatoms. The Bertz CT molecular complexity index is 702. The van der Waals surface area contributed by atoms with Gasteiger partial charge in [-0.15, -0.1) is 10.2 Å². The molecule has 0 atom stereocenters. The van der Waals surface area contributed by atoms with Gasteiger partial charge in [0, 0.05) is 38.9 Å². The van der Waals surface area contributed by atoms with Gasteiger partial charge in [0.15, 0.2) is 5.82 Å². The Labute approximate surface area is 140 Å². The van der Waals surface area contributed by atoms with Crippen molar-refractivity contribution < 1.29 is 14.6 Å². The highest BCUT2D eigenvalue weighted by Crippen LogP contribution is 2.36. The Morgan fingerprint density at radius 1 is 1.46 bits per heavy atom. The van der Waals surface area contributed by atoms with Crippen molar-refractivity contribution in [3.63, 3.8) is 0 Å². The van der Waals surface area contributed by atoms with E-state index in [0.717, 1.165) is 18.7 Å². The van der Waals surface area contributed by atoms with Gasteiger partial charge in [-0.25, -0.2) is 0 Å². The van der Waals surface area contributed by atoms with E-state index in [9.17, 15) is 9.90 Å². The number of rotatable bonds is 7. The number of aliphatic hydroxyl groups is 1. The summed E-state index contributed by atoms with van der Waals surface area (Å²) in [6.45, 7) is 1.01. The fraction of sp³-hybridized carbons (Fsp3) is 0.562. The lowest BCUT2D eigenvalue weighted by Gasteiger charge is -2.35. The zero-order valence-electron chi connectivity index (χ0n) is 14.0. The number of nitrogens with zero attached hydrogens (tertiary/aromatic N) is 4. The van der Waals surface area contributed by atoms with E-state index in [1.807, 2.05) is 23.9 Å². The molecule has 2 aromatic rings. The van der Waals surface area contributed by atoms with Crippen molar-refractivity contribution in [3.05, 3.63) is 35.7 Å². The summed E-state index contributed by atoms with van der Waals surface area (Å²) in [5, 5.41) is 20.7. The normalized spacial score (nSPS) is 20.0. The van der Waals surface area contributed by atoms with E-state index in [-0.39, 0.29) is 24.5 Å². The van der Waals surface area contributed by atoms with Crippen molar-refractivity contribution in [2.75, 3.05) is 13.7 Å². The van der Waals surface area contributed by atoms with Crippen molar-refractivity contribution >= 4 is 5.91 Å². The lowest BCUT2D eigenvalue weighted by atomic mass is 9.79. The molecule has 1 aliphatic rings. The van der Waals surface area contributed by atoms with E-state index in [1.54, 1.807) is 17.7 Å². The molecule has 0 unspecified atom stereocenters. The third kappa shape index (κ3) is 3.20. The predicted molar refractivity (Wildman–Crippen MR) is 86.5 cm³/mol. The molecule has 0 saturated heterocycles. The molecule has 0 radical (unpaired) electrons. The summed E-state index contributed by atoms with van der Waals surface area (Å²) in [5.74, 6) is 1.61. The van der Waals surface area contributed by atoms with Crippen molar-refractivity contribution in [2.45, 2.75) is 38.0 Å². The molecule has 1 aliphatic carbocycles. The van der Waals surface area contributed by atoms with Gasteiger partial charge in [0.25, 0.3) is 5.91 Å². The summed E-state index contributed by atoms with van der Waals surface area (Å²) < 4.78 is 8.84. The highest BCUT2D eigenvalue weighted by molar-refractivity contribution is 5.92. The number of carbonyl (C=O) groups excluding carboxylic acids is 1. The average molecular weight is 333 g/mol. The molecule has 1 amide bonds. The third-order valence-electron chi connectivity index (χ3n) is 4.53. The molecule has 3 rings (SSSR count). The number of hydrogen-bond donors (Lipinski definition) is 2.